The third kappa shape index (κ3) is 4.57. The molecule has 5 heterocycles. The second-order valence-corrected chi connectivity index (χ2v) is 10.4. The molecule has 0 N–H and O–H groups in total. The molecule has 2 bridgehead atoms. The highest BCUT2D eigenvalue weighted by Gasteiger charge is 2.45. The average molecular weight is 494 g/mol. The first-order valence-corrected chi connectivity index (χ1v) is 12.1. The number of carbonyl (C=O) groups is 1. The van der Waals surface area contributed by atoms with Gasteiger partial charge in [-0.05, 0) is 33.6 Å². The fraction of sp³-hybridized carbons (Fsp3) is 0.652. The SMILES string of the molecule is CC(C)(C)OC(=O)N1C2CCC1CN(c1nc(OC3CCOCC3)nc3c(F)c(Cl)ncc13)C2. The fourth-order valence-corrected chi connectivity index (χ4v) is 5.06. The zero-order valence-electron chi connectivity index (χ0n) is 19.6. The lowest BCUT2D eigenvalue weighted by molar-refractivity contribution is 0.0121. The number of carbonyl (C=O) groups excluding carboxylic acids is 1. The maximum absolute atomic E-state index is 14.9. The first-order valence-electron chi connectivity index (χ1n) is 11.7. The normalized spacial score (nSPS) is 23.4. The second kappa shape index (κ2) is 8.96. The van der Waals surface area contributed by atoms with Crippen molar-refractivity contribution in [2.75, 3.05) is 31.2 Å². The highest BCUT2D eigenvalue weighted by Crippen LogP contribution is 2.37. The Labute approximate surface area is 202 Å². The van der Waals surface area contributed by atoms with Gasteiger partial charge in [0.15, 0.2) is 11.0 Å². The van der Waals surface area contributed by atoms with Gasteiger partial charge in [-0.1, -0.05) is 11.6 Å². The van der Waals surface area contributed by atoms with E-state index in [9.17, 15) is 9.18 Å². The van der Waals surface area contributed by atoms with E-state index in [4.69, 9.17) is 25.8 Å². The Morgan fingerprint density at radius 2 is 1.82 bits per heavy atom. The molecule has 2 atom stereocenters. The first-order chi connectivity index (χ1) is 16.2. The number of hydrogen-bond acceptors (Lipinski definition) is 8. The van der Waals surface area contributed by atoms with Crippen molar-refractivity contribution in [3.8, 4) is 6.01 Å². The van der Waals surface area contributed by atoms with E-state index in [0.29, 0.717) is 37.5 Å². The first kappa shape index (κ1) is 23.3. The molecule has 0 saturated carbocycles. The number of nitrogens with zero attached hydrogens (tertiary/aromatic N) is 5. The van der Waals surface area contributed by atoms with Gasteiger partial charge in [0.2, 0.25) is 0 Å². The summed E-state index contributed by atoms with van der Waals surface area (Å²) in [6.45, 7) is 7.89. The smallest absolute Gasteiger partial charge is 0.410 e. The molecule has 9 nitrogen and oxygen atoms in total. The lowest BCUT2D eigenvalue weighted by Crippen LogP contribution is -2.57. The zero-order valence-corrected chi connectivity index (χ0v) is 20.3. The molecule has 11 heteroatoms. The van der Waals surface area contributed by atoms with Gasteiger partial charge in [0.1, 0.15) is 23.0 Å². The minimum Gasteiger partial charge on any atom is -0.460 e. The highest BCUT2D eigenvalue weighted by atomic mass is 35.5. The van der Waals surface area contributed by atoms with E-state index < -0.39 is 11.4 Å². The summed E-state index contributed by atoms with van der Waals surface area (Å²) in [5.74, 6) is -0.161. The third-order valence-electron chi connectivity index (χ3n) is 6.43. The van der Waals surface area contributed by atoms with E-state index in [1.54, 1.807) is 0 Å². The van der Waals surface area contributed by atoms with Gasteiger partial charge < -0.3 is 19.1 Å². The molecule has 184 valence electrons. The lowest BCUT2D eigenvalue weighted by Gasteiger charge is -2.42. The van der Waals surface area contributed by atoms with Crippen molar-refractivity contribution >= 4 is 34.4 Å². The summed E-state index contributed by atoms with van der Waals surface area (Å²) in [4.78, 5) is 29.8. The van der Waals surface area contributed by atoms with E-state index in [0.717, 1.165) is 25.7 Å². The summed E-state index contributed by atoms with van der Waals surface area (Å²) in [7, 11) is 0. The van der Waals surface area contributed by atoms with E-state index in [1.165, 1.54) is 6.20 Å². The maximum Gasteiger partial charge on any atom is 0.410 e. The fourth-order valence-electron chi connectivity index (χ4n) is 4.92. The van der Waals surface area contributed by atoms with Gasteiger partial charge in [-0.3, -0.25) is 4.90 Å². The van der Waals surface area contributed by atoms with Crippen LogP contribution in [0.2, 0.25) is 5.15 Å². The number of anilines is 1. The van der Waals surface area contributed by atoms with Crippen molar-refractivity contribution in [1.82, 2.24) is 19.9 Å². The van der Waals surface area contributed by atoms with E-state index >= 15 is 0 Å². The molecule has 3 aliphatic heterocycles. The number of halogens is 2. The Hall–Kier alpha value is -2.46. The average Bonchev–Trinajstić information content (AvgIpc) is 3.05. The molecule has 3 aliphatic rings. The van der Waals surface area contributed by atoms with Crippen molar-refractivity contribution in [3.63, 3.8) is 0 Å². The van der Waals surface area contributed by atoms with Crippen LogP contribution in [0.1, 0.15) is 46.5 Å². The standard InChI is InChI=1S/C23H29ClFN5O4/c1-23(2,3)34-22(31)30-13-4-5-14(30)12-29(11-13)20-16-10-26-19(24)17(25)18(16)27-21(28-20)33-15-6-8-32-9-7-15/h10,13-15H,4-9,11-12H2,1-3H3. The van der Waals surface area contributed by atoms with Crippen molar-refractivity contribution in [2.24, 2.45) is 0 Å². The molecule has 2 unspecified atom stereocenters. The number of fused-ring (bicyclic) bond motifs is 3. The summed E-state index contributed by atoms with van der Waals surface area (Å²) in [5, 5.41) is 0.218. The van der Waals surface area contributed by atoms with Crippen molar-refractivity contribution in [2.45, 2.75) is 70.2 Å². The minimum atomic E-state index is -0.699. The van der Waals surface area contributed by atoms with Crippen LogP contribution in [-0.4, -0.2) is 76.0 Å². The Morgan fingerprint density at radius 1 is 1.15 bits per heavy atom. The van der Waals surface area contributed by atoms with Gasteiger partial charge >= 0.3 is 12.1 Å². The molecular weight excluding hydrogens is 465 g/mol. The van der Waals surface area contributed by atoms with E-state index in [1.807, 2.05) is 25.7 Å². The van der Waals surface area contributed by atoms with Crippen molar-refractivity contribution < 1.29 is 23.4 Å². The quantitative estimate of drug-likeness (QED) is 0.593. The molecule has 0 spiro atoms. The van der Waals surface area contributed by atoms with Crippen LogP contribution in [-0.2, 0) is 9.47 Å². The molecule has 1 amide bonds. The molecule has 0 aliphatic carbocycles. The maximum atomic E-state index is 14.9. The van der Waals surface area contributed by atoms with Crippen molar-refractivity contribution in [1.29, 1.82) is 0 Å². The van der Waals surface area contributed by atoms with Crippen LogP contribution in [0.25, 0.3) is 10.9 Å². The topological polar surface area (TPSA) is 89.9 Å². The Balaban J connectivity index is 1.46. The van der Waals surface area contributed by atoms with Crippen LogP contribution in [0.5, 0.6) is 6.01 Å². The Bertz CT molecular complexity index is 1080. The zero-order chi connectivity index (χ0) is 24.0. The Kier molecular flexibility index (Phi) is 6.14. The van der Waals surface area contributed by atoms with Crippen LogP contribution in [0.15, 0.2) is 6.20 Å². The second-order valence-electron chi connectivity index (χ2n) is 10.1. The van der Waals surface area contributed by atoms with Crippen LogP contribution < -0.4 is 9.64 Å². The monoisotopic (exact) mass is 493 g/mol. The van der Waals surface area contributed by atoms with Gasteiger partial charge in [-0.25, -0.2) is 14.2 Å². The lowest BCUT2D eigenvalue weighted by atomic mass is 10.1. The van der Waals surface area contributed by atoms with Gasteiger partial charge in [0.25, 0.3) is 0 Å². The molecule has 5 rings (SSSR count). The van der Waals surface area contributed by atoms with Gasteiger partial charge in [-0.2, -0.15) is 9.97 Å². The molecule has 3 fully saturated rings. The van der Waals surface area contributed by atoms with E-state index in [-0.39, 0.29) is 41.0 Å². The van der Waals surface area contributed by atoms with E-state index in [2.05, 4.69) is 19.9 Å². The summed E-state index contributed by atoms with van der Waals surface area (Å²) in [6, 6.07) is 0.0599. The van der Waals surface area contributed by atoms with Gasteiger partial charge in [0, 0.05) is 32.1 Å². The molecule has 2 aromatic rings. The van der Waals surface area contributed by atoms with Crippen molar-refractivity contribution in [3.05, 3.63) is 17.2 Å². The summed E-state index contributed by atoms with van der Waals surface area (Å²) in [6.07, 6.45) is 4.27. The molecule has 3 saturated heterocycles. The summed E-state index contributed by atoms with van der Waals surface area (Å²) >= 11 is 5.96. The van der Waals surface area contributed by atoms with Gasteiger partial charge in [0.05, 0.1) is 30.7 Å². The number of piperazine rings is 1. The molecule has 34 heavy (non-hydrogen) atoms. The number of ether oxygens (including phenoxy) is 3. The predicted molar refractivity (Wildman–Crippen MR) is 124 cm³/mol. The molecule has 0 radical (unpaired) electrons. The number of pyridine rings is 1. The highest BCUT2D eigenvalue weighted by molar-refractivity contribution is 6.30. The summed E-state index contributed by atoms with van der Waals surface area (Å²) in [5.41, 5.74) is -0.482. The molecule has 0 aromatic carbocycles. The number of rotatable bonds is 3. The van der Waals surface area contributed by atoms with Crippen LogP contribution in [0.3, 0.4) is 0 Å². The number of aromatic nitrogens is 3. The van der Waals surface area contributed by atoms with Gasteiger partial charge in [-0.15, -0.1) is 0 Å². The largest absolute Gasteiger partial charge is 0.460 e. The molecular formula is C23H29ClFN5O4. The van der Waals surface area contributed by atoms with Crippen LogP contribution >= 0.6 is 11.6 Å². The minimum absolute atomic E-state index is 0.0245. The Morgan fingerprint density at radius 3 is 2.47 bits per heavy atom. The van der Waals surface area contributed by atoms with Crippen LogP contribution in [0.4, 0.5) is 15.0 Å². The molecule has 2 aromatic heterocycles. The van der Waals surface area contributed by atoms with Crippen LogP contribution in [0, 0.1) is 5.82 Å². The number of amides is 1. The predicted octanol–water partition coefficient (Wildman–Crippen LogP) is 3.96. The third-order valence-corrected chi connectivity index (χ3v) is 6.69. The number of hydrogen-bond donors (Lipinski definition) is 0. The summed E-state index contributed by atoms with van der Waals surface area (Å²) < 4.78 is 32.0.